The topological polar surface area (TPSA) is 75.0 Å². The number of benzene rings is 2. The predicted octanol–water partition coefficient (Wildman–Crippen LogP) is 4.04. The molecule has 0 radical (unpaired) electrons. The van der Waals surface area contributed by atoms with Gasteiger partial charge < -0.3 is 10.1 Å². The van der Waals surface area contributed by atoms with Gasteiger partial charge in [0, 0.05) is 12.1 Å². The van der Waals surface area contributed by atoms with Crippen LogP contribution < -0.4 is 10.1 Å². The Hall–Kier alpha value is -3.30. The van der Waals surface area contributed by atoms with Crippen molar-refractivity contribution in [2.45, 2.75) is 11.6 Å². The third kappa shape index (κ3) is 5.12. The van der Waals surface area contributed by atoms with E-state index >= 15 is 0 Å². The Morgan fingerprint density at radius 2 is 1.86 bits per heavy atom. The average molecular weight is 389 g/mol. The zero-order valence-corrected chi connectivity index (χ0v) is 16.2. The van der Waals surface area contributed by atoms with Crippen molar-refractivity contribution in [3.8, 4) is 23.1 Å². The van der Waals surface area contributed by atoms with Gasteiger partial charge in [0.1, 0.15) is 16.8 Å². The Morgan fingerprint density at radius 3 is 2.54 bits per heavy atom. The van der Waals surface area contributed by atoms with Crippen LogP contribution in [0.5, 0.6) is 5.75 Å². The Bertz CT molecular complexity index is 983. The molecule has 0 bridgehead atoms. The number of hydrogen-bond acceptors (Lipinski definition) is 5. The van der Waals surface area contributed by atoms with E-state index in [1.807, 2.05) is 60.7 Å². The number of carbonyl (C=O) groups excluding carboxylic acids is 1. The molecule has 140 valence electrons. The number of nitrogens with one attached hydrogen (secondary N) is 1. The maximum Gasteiger partial charge on any atom is 0.230 e. The molecule has 0 aliphatic carbocycles. The van der Waals surface area contributed by atoms with Crippen LogP contribution in [0, 0.1) is 11.3 Å². The minimum atomic E-state index is -0.114. The summed E-state index contributed by atoms with van der Waals surface area (Å²) in [5, 5.41) is 12.8. The van der Waals surface area contributed by atoms with Crippen LogP contribution in [0.15, 0.2) is 71.8 Å². The summed E-state index contributed by atoms with van der Waals surface area (Å²) in [4.78, 5) is 16.8. The number of hydrogen-bond donors (Lipinski definition) is 1. The SMILES string of the molecule is COc1ccc(CNC(=O)CSc2nc(-c3ccccc3)ccc2C#N)cc1. The zero-order valence-electron chi connectivity index (χ0n) is 15.4. The Morgan fingerprint density at radius 1 is 1.11 bits per heavy atom. The Kier molecular flexibility index (Phi) is 6.66. The molecule has 0 saturated heterocycles. The van der Waals surface area contributed by atoms with Crippen molar-refractivity contribution in [2.75, 3.05) is 12.9 Å². The molecule has 0 unspecified atom stereocenters. The van der Waals surface area contributed by atoms with E-state index in [9.17, 15) is 10.1 Å². The number of thioether (sulfide) groups is 1. The third-order valence-electron chi connectivity index (χ3n) is 4.04. The lowest BCUT2D eigenvalue weighted by molar-refractivity contribution is -0.118. The molecule has 0 atom stereocenters. The number of rotatable bonds is 7. The van der Waals surface area contributed by atoms with E-state index in [4.69, 9.17) is 4.74 Å². The molecule has 0 aliphatic heterocycles. The number of nitrogens with zero attached hydrogens (tertiary/aromatic N) is 2. The van der Waals surface area contributed by atoms with E-state index in [1.54, 1.807) is 13.2 Å². The Balaban J connectivity index is 1.61. The zero-order chi connectivity index (χ0) is 19.8. The van der Waals surface area contributed by atoms with Crippen LogP contribution >= 0.6 is 11.8 Å². The van der Waals surface area contributed by atoms with Crippen molar-refractivity contribution < 1.29 is 9.53 Å². The highest BCUT2D eigenvalue weighted by molar-refractivity contribution is 8.00. The predicted molar refractivity (Wildman–Crippen MR) is 110 cm³/mol. The fraction of sp³-hybridized carbons (Fsp3) is 0.136. The second-order valence-electron chi connectivity index (χ2n) is 5.94. The average Bonchev–Trinajstić information content (AvgIpc) is 2.77. The summed E-state index contributed by atoms with van der Waals surface area (Å²) in [5.41, 5.74) is 3.20. The van der Waals surface area contributed by atoms with Gasteiger partial charge in [0.2, 0.25) is 5.91 Å². The van der Waals surface area contributed by atoms with Crippen molar-refractivity contribution >= 4 is 17.7 Å². The molecule has 1 aromatic heterocycles. The van der Waals surface area contributed by atoms with Crippen LogP contribution in [0.2, 0.25) is 0 Å². The first-order chi connectivity index (χ1) is 13.7. The molecule has 1 N–H and O–H groups in total. The van der Waals surface area contributed by atoms with Crippen LogP contribution in [-0.2, 0) is 11.3 Å². The van der Waals surface area contributed by atoms with Crippen molar-refractivity contribution in [3.63, 3.8) is 0 Å². The van der Waals surface area contributed by atoms with Crippen LogP contribution in [0.4, 0.5) is 0 Å². The number of pyridine rings is 1. The van der Waals surface area contributed by atoms with Gasteiger partial charge in [-0.25, -0.2) is 4.98 Å². The van der Waals surface area contributed by atoms with E-state index in [-0.39, 0.29) is 11.7 Å². The molecule has 5 nitrogen and oxygen atoms in total. The Labute approximate surface area is 168 Å². The summed E-state index contributed by atoms with van der Waals surface area (Å²) in [6.45, 7) is 0.436. The van der Waals surface area contributed by atoms with Gasteiger partial charge in [0.25, 0.3) is 0 Å². The molecular formula is C22H19N3O2S. The first kappa shape index (κ1) is 19.5. The van der Waals surface area contributed by atoms with E-state index < -0.39 is 0 Å². The molecule has 0 aliphatic rings. The molecule has 28 heavy (non-hydrogen) atoms. The van der Waals surface area contributed by atoms with Crippen molar-refractivity contribution in [1.82, 2.24) is 10.3 Å². The number of methoxy groups -OCH3 is 1. The third-order valence-corrected chi connectivity index (χ3v) is 5.03. The van der Waals surface area contributed by atoms with Crippen LogP contribution in [0.25, 0.3) is 11.3 Å². The summed E-state index contributed by atoms with van der Waals surface area (Å²) in [7, 11) is 1.62. The molecular weight excluding hydrogens is 370 g/mol. The van der Waals surface area contributed by atoms with Crippen molar-refractivity contribution in [2.24, 2.45) is 0 Å². The van der Waals surface area contributed by atoms with Gasteiger partial charge in [-0.05, 0) is 29.8 Å². The van der Waals surface area contributed by atoms with Gasteiger partial charge in [0.05, 0.1) is 24.1 Å². The molecule has 3 rings (SSSR count). The van der Waals surface area contributed by atoms with Crippen molar-refractivity contribution in [1.29, 1.82) is 5.26 Å². The second kappa shape index (κ2) is 9.58. The fourth-order valence-electron chi connectivity index (χ4n) is 2.53. The summed E-state index contributed by atoms with van der Waals surface area (Å²) >= 11 is 1.26. The van der Waals surface area contributed by atoms with Gasteiger partial charge in [-0.1, -0.05) is 54.2 Å². The summed E-state index contributed by atoms with van der Waals surface area (Å²) < 4.78 is 5.12. The van der Waals surface area contributed by atoms with Crippen molar-refractivity contribution in [3.05, 3.63) is 77.9 Å². The van der Waals surface area contributed by atoms with E-state index in [0.717, 1.165) is 22.6 Å². The van der Waals surface area contributed by atoms with Crippen LogP contribution in [-0.4, -0.2) is 23.8 Å². The minimum absolute atomic E-state index is 0.114. The molecule has 6 heteroatoms. The lowest BCUT2D eigenvalue weighted by Gasteiger charge is -2.08. The van der Waals surface area contributed by atoms with Gasteiger partial charge in [-0.15, -0.1) is 0 Å². The quantitative estimate of drug-likeness (QED) is 0.617. The lowest BCUT2D eigenvalue weighted by Crippen LogP contribution is -2.24. The molecule has 0 saturated carbocycles. The molecule has 0 spiro atoms. The molecule has 1 heterocycles. The number of nitriles is 1. The highest BCUT2D eigenvalue weighted by Gasteiger charge is 2.10. The van der Waals surface area contributed by atoms with Crippen LogP contribution in [0.3, 0.4) is 0 Å². The summed E-state index contributed by atoms with van der Waals surface area (Å²) in [6, 6.07) is 23.0. The van der Waals surface area contributed by atoms with Gasteiger partial charge in [-0.2, -0.15) is 5.26 Å². The largest absolute Gasteiger partial charge is 0.497 e. The van der Waals surface area contributed by atoms with Gasteiger partial charge >= 0.3 is 0 Å². The highest BCUT2D eigenvalue weighted by atomic mass is 32.2. The normalized spacial score (nSPS) is 10.1. The summed E-state index contributed by atoms with van der Waals surface area (Å²) in [5.74, 6) is 0.853. The first-order valence-electron chi connectivity index (χ1n) is 8.68. The summed E-state index contributed by atoms with van der Waals surface area (Å²) in [6.07, 6.45) is 0. The monoisotopic (exact) mass is 389 g/mol. The lowest BCUT2D eigenvalue weighted by atomic mass is 10.1. The molecule has 2 aromatic carbocycles. The standard InChI is InChI=1S/C22H19N3O2S/c1-27-19-10-7-16(8-11-19)14-24-21(26)15-28-22-18(13-23)9-12-20(25-22)17-5-3-2-4-6-17/h2-12H,14-15H2,1H3,(H,24,26). The number of aromatic nitrogens is 1. The number of carbonyl (C=O) groups is 1. The van der Waals surface area contributed by atoms with E-state index in [0.29, 0.717) is 17.1 Å². The highest BCUT2D eigenvalue weighted by Crippen LogP contribution is 2.25. The molecule has 3 aromatic rings. The maximum absolute atomic E-state index is 12.2. The smallest absolute Gasteiger partial charge is 0.230 e. The fourth-order valence-corrected chi connectivity index (χ4v) is 3.34. The second-order valence-corrected chi connectivity index (χ2v) is 6.90. The first-order valence-corrected chi connectivity index (χ1v) is 9.67. The molecule has 0 fully saturated rings. The number of ether oxygens (including phenoxy) is 1. The number of amides is 1. The van der Waals surface area contributed by atoms with Gasteiger partial charge in [0.15, 0.2) is 0 Å². The van der Waals surface area contributed by atoms with Crippen LogP contribution in [0.1, 0.15) is 11.1 Å². The maximum atomic E-state index is 12.2. The van der Waals surface area contributed by atoms with Gasteiger partial charge in [-0.3, -0.25) is 4.79 Å². The van der Waals surface area contributed by atoms with E-state index in [1.165, 1.54) is 11.8 Å². The van der Waals surface area contributed by atoms with E-state index in [2.05, 4.69) is 16.4 Å². The molecule has 1 amide bonds. The minimum Gasteiger partial charge on any atom is -0.497 e.